The number of thiocarbonyl (C=S) groups is 1. The van der Waals surface area contributed by atoms with Crippen molar-refractivity contribution in [1.82, 2.24) is 0 Å². The van der Waals surface area contributed by atoms with Crippen molar-refractivity contribution in [3.63, 3.8) is 0 Å². The third-order valence-electron chi connectivity index (χ3n) is 5.59. The van der Waals surface area contributed by atoms with Gasteiger partial charge in [0, 0.05) is 10.2 Å². The summed E-state index contributed by atoms with van der Waals surface area (Å²) >= 11 is 16.2. The van der Waals surface area contributed by atoms with E-state index in [0.29, 0.717) is 37.1 Å². The van der Waals surface area contributed by atoms with Gasteiger partial charge < -0.3 is 14.8 Å². The smallest absolute Gasteiger partial charge is 0.270 e. The fourth-order valence-corrected chi connectivity index (χ4v) is 5.24. The maximum Gasteiger partial charge on any atom is 0.270 e. The molecule has 2 amide bonds. The normalized spacial score (nSPS) is 14.3. The van der Waals surface area contributed by atoms with Gasteiger partial charge in [0.1, 0.15) is 0 Å². The summed E-state index contributed by atoms with van der Waals surface area (Å²) in [5.74, 6) is 0.316. The molecule has 4 rings (SSSR count). The maximum atomic E-state index is 13.1. The van der Waals surface area contributed by atoms with Crippen molar-refractivity contribution in [3.8, 4) is 11.5 Å². The number of hydrogen-bond acceptors (Lipinski definition) is 6. The molecule has 0 bridgehead atoms. The molecule has 1 aliphatic heterocycles. The summed E-state index contributed by atoms with van der Waals surface area (Å²) in [5.41, 5.74) is 4.27. The van der Waals surface area contributed by atoms with Gasteiger partial charge in [-0.25, -0.2) is 0 Å². The highest BCUT2D eigenvalue weighted by Gasteiger charge is 2.33. The molecule has 3 aromatic carbocycles. The van der Waals surface area contributed by atoms with Crippen LogP contribution in [0.5, 0.6) is 11.5 Å². The zero-order valence-corrected chi connectivity index (χ0v) is 24.1. The van der Waals surface area contributed by atoms with Crippen LogP contribution in [0.25, 0.3) is 6.08 Å². The number of benzene rings is 3. The van der Waals surface area contributed by atoms with Crippen molar-refractivity contribution in [2.45, 2.75) is 13.8 Å². The van der Waals surface area contributed by atoms with Gasteiger partial charge in [-0.05, 0) is 95.0 Å². The first kappa shape index (κ1) is 27.2. The molecule has 1 saturated heterocycles. The number of nitrogens with one attached hydrogen (secondary N) is 1. The fraction of sp³-hybridized carbons (Fsp3) is 0.148. The molecule has 3 aromatic rings. The predicted octanol–water partition coefficient (Wildman–Crippen LogP) is 7.15. The topological polar surface area (TPSA) is 67.9 Å². The molecule has 6 nitrogen and oxygen atoms in total. The van der Waals surface area contributed by atoms with Crippen molar-refractivity contribution < 1.29 is 19.1 Å². The summed E-state index contributed by atoms with van der Waals surface area (Å²) in [6.07, 6.45) is 1.73. The highest BCUT2D eigenvalue weighted by atomic mass is 79.9. The summed E-state index contributed by atoms with van der Waals surface area (Å²) in [6, 6.07) is 16.2. The molecule has 0 saturated carbocycles. The van der Waals surface area contributed by atoms with Gasteiger partial charge in [-0.1, -0.05) is 47.7 Å². The van der Waals surface area contributed by atoms with Gasteiger partial charge in [-0.2, -0.15) is 0 Å². The molecule has 0 spiro atoms. The largest absolute Gasteiger partial charge is 0.493 e. The first-order valence-corrected chi connectivity index (χ1v) is 13.5. The minimum absolute atomic E-state index is 0.183. The number of carbonyl (C=O) groups excluding carboxylic acids is 2. The lowest BCUT2D eigenvalue weighted by molar-refractivity contribution is -0.118. The van der Waals surface area contributed by atoms with Gasteiger partial charge in [0.15, 0.2) is 22.4 Å². The van der Waals surface area contributed by atoms with Crippen LogP contribution in [-0.2, 0) is 9.59 Å². The molecule has 1 N–H and O–H groups in total. The Bertz CT molecular complexity index is 1440. The summed E-state index contributed by atoms with van der Waals surface area (Å²) in [7, 11) is 1.51. The van der Waals surface area contributed by atoms with Crippen molar-refractivity contribution in [3.05, 3.63) is 85.7 Å². The Morgan fingerprint density at radius 3 is 2.59 bits per heavy atom. The van der Waals surface area contributed by atoms with E-state index in [-0.39, 0.29) is 18.4 Å². The third kappa shape index (κ3) is 6.35. The summed E-state index contributed by atoms with van der Waals surface area (Å²) < 4.78 is 12.3. The van der Waals surface area contributed by atoms with Gasteiger partial charge in [0.2, 0.25) is 0 Å². The van der Waals surface area contributed by atoms with Gasteiger partial charge in [-0.15, -0.1) is 0 Å². The molecule has 190 valence electrons. The van der Waals surface area contributed by atoms with Crippen LogP contribution < -0.4 is 19.7 Å². The van der Waals surface area contributed by atoms with E-state index in [1.54, 1.807) is 42.5 Å². The van der Waals surface area contributed by atoms with Crippen molar-refractivity contribution in [1.29, 1.82) is 0 Å². The SMILES string of the molecule is COc1cc(/C=C2/SC(=S)N(c3ccc(Br)c(Cl)c3)C2=O)ccc1OCC(=O)Nc1ccc(C)c(C)c1. The van der Waals surface area contributed by atoms with E-state index in [0.717, 1.165) is 21.2 Å². The van der Waals surface area contributed by atoms with E-state index >= 15 is 0 Å². The van der Waals surface area contributed by atoms with Crippen LogP contribution in [0.2, 0.25) is 5.02 Å². The Morgan fingerprint density at radius 2 is 1.89 bits per heavy atom. The number of thioether (sulfide) groups is 1. The second-order valence-corrected chi connectivity index (χ2v) is 11.1. The summed E-state index contributed by atoms with van der Waals surface area (Å²) in [6.45, 7) is 3.82. The van der Waals surface area contributed by atoms with Crippen LogP contribution in [0.1, 0.15) is 16.7 Å². The van der Waals surface area contributed by atoms with Crippen LogP contribution in [0, 0.1) is 13.8 Å². The summed E-state index contributed by atoms with van der Waals surface area (Å²) in [5, 5.41) is 3.31. The van der Waals surface area contributed by atoms with Crippen molar-refractivity contribution in [2.75, 3.05) is 23.9 Å². The van der Waals surface area contributed by atoms with E-state index in [1.807, 2.05) is 32.0 Å². The lowest BCUT2D eigenvalue weighted by atomic mass is 10.1. The molecule has 10 heteroatoms. The zero-order chi connectivity index (χ0) is 26.7. The lowest BCUT2D eigenvalue weighted by Crippen LogP contribution is -2.27. The van der Waals surface area contributed by atoms with Gasteiger partial charge >= 0.3 is 0 Å². The fourth-order valence-electron chi connectivity index (χ4n) is 3.52. The Kier molecular flexibility index (Phi) is 8.59. The second-order valence-electron chi connectivity index (χ2n) is 8.16. The molecule has 0 aromatic heterocycles. The number of ether oxygens (including phenoxy) is 2. The van der Waals surface area contributed by atoms with Gasteiger partial charge in [0.05, 0.1) is 22.7 Å². The monoisotopic (exact) mass is 616 g/mol. The van der Waals surface area contributed by atoms with Crippen LogP contribution in [0.15, 0.2) is 64.0 Å². The predicted molar refractivity (Wildman–Crippen MR) is 158 cm³/mol. The second kappa shape index (κ2) is 11.7. The molecule has 0 unspecified atom stereocenters. The first-order chi connectivity index (χ1) is 17.7. The molecule has 0 radical (unpaired) electrons. The Hall–Kier alpha value is -2.85. The molecule has 1 aliphatic rings. The molecule has 1 fully saturated rings. The van der Waals surface area contributed by atoms with Crippen LogP contribution in [0.3, 0.4) is 0 Å². The molecule has 0 atom stereocenters. The molecule has 37 heavy (non-hydrogen) atoms. The highest BCUT2D eigenvalue weighted by Crippen LogP contribution is 2.39. The molecular formula is C27H22BrClN2O4S2. The van der Waals surface area contributed by atoms with Crippen molar-refractivity contribution in [2.24, 2.45) is 0 Å². The quantitative estimate of drug-likeness (QED) is 0.224. The van der Waals surface area contributed by atoms with Crippen molar-refractivity contribution >= 4 is 85.1 Å². The Balaban J connectivity index is 1.45. The Labute approximate surface area is 238 Å². The van der Waals surface area contributed by atoms with Crippen LogP contribution >= 0.6 is 51.5 Å². The zero-order valence-electron chi connectivity index (χ0n) is 20.1. The first-order valence-electron chi connectivity index (χ1n) is 11.1. The van der Waals surface area contributed by atoms with Gasteiger partial charge in [0.25, 0.3) is 11.8 Å². The Morgan fingerprint density at radius 1 is 1.11 bits per heavy atom. The minimum Gasteiger partial charge on any atom is -0.493 e. The lowest BCUT2D eigenvalue weighted by Gasteiger charge is -2.15. The number of nitrogens with zero attached hydrogens (tertiary/aromatic N) is 1. The number of aryl methyl sites for hydroxylation is 2. The van der Waals surface area contributed by atoms with E-state index < -0.39 is 0 Å². The molecule has 1 heterocycles. The number of halogens is 2. The maximum absolute atomic E-state index is 13.1. The van der Waals surface area contributed by atoms with Crippen LogP contribution in [-0.4, -0.2) is 29.9 Å². The van der Waals surface area contributed by atoms with E-state index in [1.165, 1.54) is 23.8 Å². The average molecular weight is 618 g/mol. The third-order valence-corrected chi connectivity index (χ3v) is 8.12. The van der Waals surface area contributed by atoms with E-state index in [2.05, 4.69) is 21.2 Å². The van der Waals surface area contributed by atoms with Gasteiger partial charge in [-0.3, -0.25) is 14.5 Å². The number of carbonyl (C=O) groups is 2. The summed E-state index contributed by atoms with van der Waals surface area (Å²) in [4.78, 5) is 27.4. The number of anilines is 2. The standard InChI is InChI=1S/C27H22BrClN2O4S2/c1-15-4-6-18(10-16(15)2)30-25(32)14-35-22-9-5-17(11-23(22)34-3)12-24-26(33)31(27(36)37-24)19-7-8-20(28)21(29)13-19/h4-13H,14H2,1-3H3,(H,30,32)/b24-12+. The van der Waals surface area contributed by atoms with E-state index in [9.17, 15) is 9.59 Å². The number of amides is 2. The number of methoxy groups -OCH3 is 1. The minimum atomic E-state index is -0.286. The number of hydrogen-bond donors (Lipinski definition) is 1. The van der Waals surface area contributed by atoms with E-state index in [4.69, 9.17) is 33.3 Å². The number of rotatable bonds is 7. The molecular weight excluding hydrogens is 596 g/mol. The van der Waals surface area contributed by atoms with Crippen LogP contribution in [0.4, 0.5) is 11.4 Å². The average Bonchev–Trinajstić information content (AvgIpc) is 3.14. The molecule has 0 aliphatic carbocycles. The highest BCUT2D eigenvalue weighted by molar-refractivity contribution is 9.10.